The van der Waals surface area contributed by atoms with Gasteiger partial charge < -0.3 is 0 Å². The van der Waals surface area contributed by atoms with Crippen LogP contribution in [0.3, 0.4) is 0 Å². The standard InChI is InChI=1S/C12H19N/c1-5-7-12-8-10(3)13(4)9-11(12)6-2/h5-7,10H,1,8-9H2,2-4H3/b11-6-,12-7-. The maximum Gasteiger partial charge on any atom is 0.0233 e. The molecule has 1 heteroatoms. The van der Waals surface area contributed by atoms with E-state index < -0.39 is 0 Å². The number of hydrogen-bond donors (Lipinski definition) is 0. The Morgan fingerprint density at radius 2 is 2.15 bits per heavy atom. The van der Waals surface area contributed by atoms with E-state index in [1.165, 1.54) is 11.1 Å². The molecule has 1 unspecified atom stereocenters. The monoisotopic (exact) mass is 177 g/mol. The van der Waals surface area contributed by atoms with Gasteiger partial charge in [0.05, 0.1) is 0 Å². The molecule has 72 valence electrons. The number of piperidine rings is 1. The largest absolute Gasteiger partial charge is 0.299 e. The summed E-state index contributed by atoms with van der Waals surface area (Å²) in [4.78, 5) is 2.38. The first-order chi connectivity index (χ1) is 6.19. The lowest BCUT2D eigenvalue weighted by Crippen LogP contribution is -2.36. The molecule has 0 aromatic heterocycles. The predicted octanol–water partition coefficient (Wildman–Crippen LogP) is 2.77. The van der Waals surface area contributed by atoms with Crippen LogP contribution in [0.25, 0.3) is 0 Å². The Hall–Kier alpha value is -0.820. The van der Waals surface area contributed by atoms with Crippen molar-refractivity contribution in [2.45, 2.75) is 26.3 Å². The fourth-order valence-corrected chi connectivity index (χ4v) is 1.73. The highest BCUT2D eigenvalue weighted by Gasteiger charge is 2.20. The SMILES string of the molecule is C=C/C=C1/CC(C)N(C)C/C1=C/C. The Bertz CT molecular complexity index is 248. The van der Waals surface area contributed by atoms with Crippen molar-refractivity contribution in [3.63, 3.8) is 0 Å². The predicted molar refractivity (Wildman–Crippen MR) is 58.7 cm³/mol. The molecule has 13 heavy (non-hydrogen) atoms. The van der Waals surface area contributed by atoms with Gasteiger partial charge in [-0.3, -0.25) is 4.90 Å². The van der Waals surface area contributed by atoms with E-state index >= 15 is 0 Å². The zero-order valence-corrected chi connectivity index (χ0v) is 8.88. The van der Waals surface area contributed by atoms with E-state index in [9.17, 15) is 0 Å². The second-order valence-electron chi connectivity index (χ2n) is 3.71. The molecule has 0 N–H and O–H groups in total. The van der Waals surface area contributed by atoms with Crippen LogP contribution >= 0.6 is 0 Å². The summed E-state index contributed by atoms with van der Waals surface area (Å²) in [6.07, 6.45) is 7.37. The van der Waals surface area contributed by atoms with Crippen LogP contribution in [0.1, 0.15) is 20.3 Å². The maximum atomic E-state index is 3.75. The highest BCUT2D eigenvalue weighted by Crippen LogP contribution is 2.25. The summed E-state index contributed by atoms with van der Waals surface area (Å²) >= 11 is 0. The molecule has 1 nitrogen and oxygen atoms in total. The van der Waals surface area contributed by atoms with Gasteiger partial charge >= 0.3 is 0 Å². The summed E-state index contributed by atoms with van der Waals surface area (Å²) < 4.78 is 0. The topological polar surface area (TPSA) is 3.24 Å². The first kappa shape index (κ1) is 10.3. The van der Waals surface area contributed by atoms with Crippen LogP contribution in [0.2, 0.25) is 0 Å². The summed E-state index contributed by atoms with van der Waals surface area (Å²) in [5.74, 6) is 0. The third-order valence-electron chi connectivity index (χ3n) is 2.77. The van der Waals surface area contributed by atoms with Gasteiger partial charge in [0.25, 0.3) is 0 Å². The van der Waals surface area contributed by atoms with E-state index in [2.05, 4.69) is 44.5 Å². The van der Waals surface area contributed by atoms with E-state index in [4.69, 9.17) is 0 Å². The molecule has 1 aliphatic heterocycles. The zero-order valence-electron chi connectivity index (χ0n) is 8.88. The molecule has 0 amide bonds. The van der Waals surface area contributed by atoms with Crippen LogP contribution in [-0.2, 0) is 0 Å². The number of likely N-dealkylation sites (N-methyl/N-ethyl adjacent to an activating group) is 1. The number of rotatable bonds is 1. The van der Waals surface area contributed by atoms with Gasteiger partial charge in [-0.2, -0.15) is 0 Å². The van der Waals surface area contributed by atoms with Crippen molar-refractivity contribution in [1.82, 2.24) is 4.90 Å². The highest BCUT2D eigenvalue weighted by molar-refractivity contribution is 5.36. The quantitative estimate of drug-likeness (QED) is 0.595. The van der Waals surface area contributed by atoms with Crippen molar-refractivity contribution in [3.05, 3.63) is 36.0 Å². The van der Waals surface area contributed by atoms with Crippen molar-refractivity contribution in [1.29, 1.82) is 0 Å². The van der Waals surface area contributed by atoms with Crippen LogP contribution in [0.15, 0.2) is 36.0 Å². The molecule has 1 aliphatic rings. The normalized spacial score (nSPS) is 31.2. The van der Waals surface area contributed by atoms with Crippen LogP contribution in [0, 0.1) is 0 Å². The number of allylic oxidation sites excluding steroid dienone is 3. The lowest BCUT2D eigenvalue weighted by atomic mass is 9.93. The fraction of sp³-hybridized carbons (Fsp3) is 0.500. The Labute approximate surface area is 81.4 Å². The Morgan fingerprint density at radius 1 is 1.46 bits per heavy atom. The molecule has 0 saturated carbocycles. The van der Waals surface area contributed by atoms with Gasteiger partial charge in [0.15, 0.2) is 0 Å². The zero-order chi connectivity index (χ0) is 9.84. The Balaban J connectivity index is 2.85. The van der Waals surface area contributed by atoms with Crippen molar-refractivity contribution in [2.24, 2.45) is 0 Å². The lowest BCUT2D eigenvalue weighted by molar-refractivity contribution is 0.259. The van der Waals surface area contributed by atoms with Gasteiger partial charge in [-0.25, -0.2) is 0 Å². The Morgan fingerprint density at radius 3 is 2.69 bits per heavy atom. The lowest BCUT2D eigenvalue weighted by Gasteiger charge is -2.33. The minimum absolute atomic E-state index is 0.648. The number of likely N-dealkylation sites (tertiary alicyclic amines) is 1. The van der Waals surface area contributed by atoms with E-state index in [1.807, 2.05) is 6.08 Å². The van der Waals surface area contributed by atoms with Crippen LogP contribution in [0.5, 0.6) is 0 Å². The molecule has 1 atom stereocenters. The fourth-order valence-electron chi connectivity index (χ4n) is 1.73. The van der Waals surface area contributed by atoms with Crippen molar-refractivity contribution in [2.75, 3.05) is 13.6 Å². The molecule has 0 aromatic carbocycles. The van der Waals surface area contributed by atoms with Gasteiger partial charge in [0.1, 0.15) is 0 Å². The third kappa shape index (κ3) is 2.31. The minimum Gasteiger partial charge on any atom is -0.299 e. The van der Waals surface area contributed by atoms with E-state index in [0.717, 1.165) is 13.0 Å². The molecular weight excluding hydrogens is 158 g/mol. The van der Waals surface area contributed by atoms with Crippen LogP contribution in [0.4, 0.5) is 0 Å². The molecule has 1 rings (SSSR count). The smallest absolute Gasteiger partial charge is 0.0233 e. The van der Waals surface area contributed by atoms with E-state index in [0.29, 0.717) is 6.04 Å². The summed E-state index contributed by atoms with van der Waals surface area (Å²) in [5, 5.41) is 0. The summed E-state index contributed by atoms with van der Waals surface area (Å²) in [6, 6.07) is 0.648. The van der Waals surface area contributed by atoms with Crippen molar-refractivity contribution < 1.29 is 0 Å². The van der Waals surface area contributed by atoms with Crippen LogP contribution in [-0.4, -0.2) is 24.5 Å². The van der Waals surface area contributed by atoms with Crippen molar-refractivity contribution >= 4 is 0 Å². The molecular formula is C12H19N. The summed E-state index contributed by atoms with van der Waals surface area (Å²) in [6.45, 7) is 9.19. The third-order valence-corrected chi connectivity index (χ3v) is 2.77. The van der Waals surface area contributed by atoms with Gasteiger partial charge in [-0.1, -0.05) is 24.8 Å². The molecule has 0 spiro atoms. The van der Waals surface area contributed by atoms with E-state index in [-0.39, 0.29) is 0 Å². The average molecular weight is 177 g/mol. The highest BCUT2D eigenvalue weighted by atomic mass is 15.1. The molecule has 1 fully saturated rings. The summed E-state index contributed by atoms with van der Waals surface area (Å²) in [5.41, 5.74) is 2.89. The first-order valence-corrected chi connectivity index (χ1v) is 4.86. The molecule has 1 saturated heterocycles. The molecule has 0 aliphatic carbocycles. The first-order valence-electron chi connectivity index (χ1n) is 4.86. The molecule has 1 heterocycles. The van der Waals surface area contributed by atoms with Crippen LogP contribution < -0.4 is 0 Å². The van der Waals surface area contributed by atoms with Crippen molar-refractivity contribution in [3.8, 4) is 0 Å². The molecule has 0 bridgehead atoms. The number of hydrogen-bond acceptors (Lipinski definition) is 1. The molecule has 0 radical (unpaired) electrons. The van der Waals surface area contributed by atoms with E-state index in [1.54, 1.807) is 0 Å². The minimum atomic E-state index is 0.648. The Kier molecular flexibility index (Phi) is 3.49. The average Bonchev–Trinajstić information content (AvgIpc) is 2.11. The number of nitrogens with zero attached hydrogens (tertiary/aromatic N) is 1. The van der Waals surface area contributed by atoms with Gasteiger partial charge in [0, 0.05) is 12.6 Å². The second-order valence-corrected chi connectivity index (χ2v) is 3.71. The van der Waals surface area contributed by atoms with Gasteiger partial charge in [0.2, 0.25) is 0 Å². The molecule has 0 aromatic rings. The summed E-state index contributed by atoms with van der Waals surface area (Å²) in [7, 11) is 2.18. The van der Waals surface area contributed by atoms with Gasteiger partial charge in [-0.05, 0) is 38.5 Å². The maximum absolute atomic E-state index is 3.75. The van der Waals surface area contributed by atoms with Gasteiger partial charge in [-0.15, -0.1) is 0 Å². The second kappa shape index (κ2) is 4.43.